The minimum atomic E-state index is -1.13. The first-order valence-corrected chi connectivity index (χ1v) is 5.81. The molecule has 0 aliphatic carbocycles. The van der Waals surface area contributed by atoms with Crippen LogP contribution in [0.4, 0.5) is 11.4 Å². The smallest absolute Gasteiger partial charge is 0.335 e. The summed E-state index contributed by atoms with van der Waals surface area (Å²) in [5.74, 6) is -1.13. The molecule has 0 saturated carbocycles. The highest BCUT2D eigenvalue weighted by atomic mass is 16.6. The second kappa shape index (κ2) is 6.69. The van der Waals surface area contributed by atoms with Crippen LogP contribution in [-0.2, 0) is 4.74 Å². The van der Waals surface area contributed by atoms with Crippen molar-refractivity contribution >= 4 is 17.3 Å². The van der Waals surface area contributed by atoms with Gasteiger partial charge in [0.1, 0.15) is 5.69 Å². The number of hydrogen-bond acceptors (Lipinski definition) is 5. The number of nitro groups is 1. The molecule has 0 aromatic heterocycles. The maximum Gasteiger partial charge on any atom is 0.335 e. The molecule has 1 atom stereocenters. The highest BCUT2D eigenvalue weighted by molar-refractivity contribution is 5.90. The van der Waals surface area contributed by atoms with Crippen LogP contribution < -0.4 is 5.32 Å². The zero-order chi connectivity index (χ0) is 14.4. The van der Waals surface area contributed by atoms with Crippen LogP contribution >= 0.6 is 0 Å². The Bertz CT molecular complexity index is 475. The van der Waals surface area contributed by atoms with Crippen molar-refractivity contribution in [1.29, 1.82) is 0 Å². The number of nitro benzene ring substituents is 1. The molecule has 0 amide bonds. The summed E-state index contributed by atoms with van der Waals surface area (Å²) in [4.78, 5) is 21.2. The first kappa shape index (κ1) is 14.9. The number of carbonyl (C=O) groups is 1. The number of anilines is 1. The summed E-state index contributed by atoms with van der Waals surface area (Å²) in [6, 6.07) is 3.48. The topological polar surface area (TPSA) is 102 Å². The van der Waals surface area contributed by atoms with Gasteiger partial charge in [0.25, 0.3) is 5.69 Å². The van der Waals surface area contributed by atoms with Gasteiger partial charge in [-0.3, -0.25) is 10.1 Å². The summed E-state index contributed by atoms with van der Waals surface area (Å²) >= 11 is 0. The van der Waals surface area contributed by atoms with Gasteiger partial charge in [-0.15, -0.1) is 0 Å². The summed E-state index contributed by atoms with van der Waals surface area (Å²) in [6.07, 6.45) is 0. The SMILES string of the molecule is CCOCC(C)Nc1cc(C(=O)O)ccc1[N+](=O)[O-]. The molecule has 0 aliphatic heterocycles. The average Bonchev–Trinajstić information content (AvgIpc) is 2.35. The average molecular weight is 268 g/mol. The molecular weight excluding hydrogens is 252 g/mol. The molecule has 19 heavy (non-hydrogen) atoms. The maximum atomic E-state index is 10.9. The van der Waals surface area contributed by atoms with E-state index >= 15 is 0 Å². The third-order valence-corrected chi connectivity index (χ3v) is 2.41. The maximum absolute atomic E-state index is 10.9. The fourth-order valence-electron chi connectivity index (χ4n) is 1.55. The van der Waals surface area contributed by atoms with Crippen LogP contribution in [0.2, 0.25) is 0 Å². The van der Waals surface area contributed by atoms with Crippen molar-refractivity contribution in [3.8, 4) is 0 Å². The van der Waals surface area contributed by atoms with E-state index < -0.39 is 10.9 Å². The minimum absolute atomic E-state index is 0.00305. The minimum Gasteiger partial charge on any atom is -0.478 e. The van der Waals surface area contributed by atoms with Gasteiger partial charge >= 0.3 is 5.97 Å². The van der Waals surface area contributed by atoms with E-state index in [9.17, 15) is 14.9 Å². The van der Waals surface area contributed by atoms with E-state index in [1.54, 1.807) is 6.92 Å². The van der Waals surface area contributed by atoms with Crippen molar-refractivity contribution in [2.75, 3.05) is 18.5 Å². The molecule has 2 N–H and O–H groups in total. The van der Waals surface area contributed by atoms with Crippen molar-refractivity contribution in [2.24, 2.45) is 0 Å². The van der Waals surface area contributed by atoms with Gasteiger partial charge in [-0.2, -0.15) is 0 Å². The molecule has 0 radical (unpaired) electrons. The molecule has 0 bridgehead atoms. The second-order valence-electron chi connectivity index (χ2n) is 4.00. The fourth-order valence-corrected chi connectivity index (χ4v) is 1.55. The summed E-state index contributed by atoms with van der Waals surface area (Å²) in [6.45, 7) is 4.57. The number of aromatic carboxylic acids is 1. The van der Waals surface area contributed by atoms with Crippen molar-refractivity contribution in [3.05, 3.63) is 33.9 Å². The molecule has 7 heteroatoms. The first-order valence-electron chi connectivity index (χ1n) is 5.81. The number of nitrogens with one attached hydrogen (secondary N) is 1. The van der Waals surface area contributed by atoms with E-state index in [4.69, 9.17) is 9.84 Å². The lowest BCUT2D eigenvalue weighted by Crippen LogP contribution is -2.22. The Morgan fingerprint density at radius 1 is 1.58 bits per heavy atom. The van der Waals surface area contributed by atoms with E-state index in [-0.39, 0.29) is 23.0 Å². The van der Waals surface area contributed by atoms with Gasteiger partial charge in [-0.25, -0.2) is 4.79 Å². The van der Waals surface area contributed by atoms with Gasteiger partial charge in [0.15, 0.2) is 0 Å². The number of nitrogens with zero attached hydrogens (tertiary/aromatic N) is 1. The Morgan fingerprint density at radius 3 is 2.79 bits per heavy atom. The van der Waals surface area contributed by atoms with E-state index in [2.05, 4.69) is 5.32 Å². The van der Waals surface area contributed by atoms with Crippen LogP contribution in [0.25, 0.3) is 0 Å². The van der Waals surface area contributed by atoms with Crippen LogP contribution in [0.3, 0.4) is 0 Å². The highest BCUT2D eigenvalue weighted by Crippen LogP contribution is 2.26. The van der Waals surface area contributed by atoms with Crippen molar-refractivity contribution in [2.45, 2.75) is 19.9 Å². The molecular formula is C12H16N2O5. The quantitative estimate of drug-likeness (QED) is 0.580. The van der Waals surface area contributed by atoms with Crippen LogP contribution in [-0.4, -0.2) is 35.3 Å². The Hall–Kier alpha value is -2.15. The Balaban J connectivity index is 2.97. The molecule has 0 aliphatic rings. The Labute approximate surface area is 110 Å². The van der Waals surface area contributed by atoms with E-state index in [1.165, 1.54) is 18.2 Å². The number of rotatable bonds is 7. The van der Waals surface area contributed by atoms with Crippen LogP contribution in [0.15, 0.2) is 18.2 Å². The normalized spacial score (nSPS) is 11.9. The summed E-state index contributed by atoms with van der Waals surface area (Å²) in [5, 5.41) is 22.7. The predicted molar refractivity (Wildman–Crippen MR) is 69.6 cm³/mol. The molecule has 0 heterocycles. The molecule has 1 aromatic rings. The number of carboxylic acid groups (broad SMARTS) is 1. The van der Waals surface area contributed by atoms with Crippen LogP contribution in [0.1, 0.15) is 24.2 Å². The van der Waals surface area contributed by atoms with Crippen molar-refractivity contribution in [3.63, 3.8) is 0 Å². The van der Waals surface area contributed by atoms with Gasteiger partial charge in [-0.05, 0) is 26.0 Å². The Kier molecular flexibility index (Phi) is 5.25. The molecule has 104 valence electrons. The van der Waals surface area contributed by atoms with Gasteiger partial charge in [0, 0.05) is 18.7 Å². The van der Waals surface area contributed by atoms with Gasteiger partial charge in [0.05, 0.1) is 17.1 Å². The zero-order valence-electron chi connectivity index (χ0n) is 10.8. The Morgan fingerprint density at radius 2 is 2.26 bits per heavy atom. The van der Waals surface area contributed by atoms with Crippen molar-refractivity contribution < 1.29 is 19.6 Å². The van der Waals surface area contributed by atoms with E-state index in [0.29, 0.717) is 13.2 Å². The number of ether oxygens (including phenoxy) is 1. The summed E-state index contributed by atoms with van der Waals surface area (Å²) < 4.78 is 5.20. The lowest BCUT2D eigenvalue weighted by Gasteiger charge is -2.15. The molecule has 1 unspecified atom stereocenters. The van der Waals surface area contributed by atoms with Crippen LogP contribution in [0.5, 0.6) is 0 Å². The van der Waals surface area contributed by atoms with Gasteiger partial charge in [0.2, 0.25) is 0 Å². The third-order valence-electron chi connectivity index (χ3n) is 2.41. The summed E-state index contributed by atoms with van der Waals surface area (Å²) in [7, 11) is 0. The van der Waals surface area contributed by atoms with Crippen LogP contribution in [0, 0.1) is 10.1 Å². The van der Waals surface area contributed by atoms with E-state index in [0.717, 1.165) is 0 Å². The highest BCUT2D eigenvalue weighted by Gasteiger charge is 2.17. The molecule has 0 saturated heterocycles. The zero-order valence-corrected chi connectivity index (χ0v) is 10.8. The molecule has 1 aromatic carbocycles. The molecule has 7 nitrogen and oxygen atoms in total. The fraction of sp³-hybridized carbons (Fsp3) is 0.417. The molecule has 0 fully saturated rings. The van der Waals surface area contributed by atoms with Crippen molar-refractivity contribution in [1.82, 2.24) is 0 Å². The summed E-state index contributed by atoms with van der Waals surface area (Å²) in [5.41, 5.74) is 0.0159. The first-order chi connectivity index (χ1) is 8.95. The lowest BCUT2D eigenvalue weighted by molar-refractivity contribution is -0.384. The van der Waals surface area contributed by atoms with E-state index in [1.807, 2.05) is 6.92 Å². The molecule has 1 rings (SSSR count). The standard InChI is InChI=1S/C12H16N2O5/c1-3-19-7-8(2)13-10-6-9(12(15)16)4-5-11(10)14(17)18/h4-6,8,13H,3,7H2,1-2H3,(H,15,16). The third kappa shape index (κ3) is 4.22. The monoisotopic (exact) mass is 268 g/mol. The number of carboxylic acids is 1. The number of benzene rings is 1. The predicted octanol–water partition coefficient (Wildman–Crippen LogP) is 2.13. The lowest BCUT2D eigenvalue weighted by atomic mass is 10.1. The van der Waals surface area contributed by atoms with Gasteiger partial charge < -0.3 is 15.2 Å². The number of hydrogen-bond donors (Lipinski definition) is 2. The largest absolute Gasteiger partial charge is 0.478 e. The second-order valence-corrected chi connectivity index (χ2v) is 4.00. The van der Waals surface area contributed by atoms with Gasteiger partial charge in [-0.1, -0.05) is 0 Å². The molecule has 0 spiro atoms.